The zero-order chi connectivity index (χ0) is 27.3. The first-order valence-electron chi connectivity index (χ1n) is 14.4. The highest BCUT2D eigenvalue weighted by Crippen LogP contribution is 2.75. The molecule has 0 bridgehead atoms. The first kappa shape index (κ1) is 27.0. The van der Waals surface area contributed by atoms with Crippen molar-refractivity contribution in [1.29, 1.82) is 0 Å². The number of rotatable bonds is 3. The van der Waals surface area contributed by atoms with Gasteiger partial charge in [0.1, 0.15) is 0 Å². The molecule has 4 aliphatic rings. The van der Waals surface area contributed by atoms with Crippen molar-refractivity contribution < 1.29 is 10.2 Å². The maximum atomic E-state index is 10.8. The number of allylic oxidation sites excluding steroid dienone is 2. The minimum Gasteiger partial charge on any atom is -0.504 e. The van der Waals surface area contributed by atoms with Gasteiger partial charge in [0, 0.05) is 21.8 Å². The highest BCUT2D eigenvalue weighted by atomic mass is 32.2. The third-order valence-corrected chi connectivity index (χ3v) is 13.5. The predicted octanol–water partition coefficient (Wildman–Crippen LogP) is 8.67. The highest BCUT2D eigenvalue weighted by Gasteiger charge is 2.67. The molecule has 0 amide bonds. The van der Waals surface area contributed by atoms with Crippen LogP contribution in [0.3, 0.4) is 0 Å². The number of thioether (sulfide) groups is 1. The normalized spacial score (nSPS) is 42.8. The Balaban J connectivity index is 1.69. The van der Waals surface area contributed by atoms with Gasteiger partial charge in [-0.25, -0.2) is 0 Å². The number of aromatic hydroxyl groups is 2. The number of phenols is 2. The molecule has 0 spiro atoms. The van der Waals surface area contributed by atoms with Crippen molar-refractivity contribution in [2.45, 2.75) is 116 Å². The Morgan fingerprint density at radius 1 is 1.03 bits per heavy atom. The fourth-order valence-corrected chi connectivity index (χ4v) is 10.6. The zero-order valence-electron chi connectivity index (χ0n) is 24.4. The van der Waals surface area contributed by atoms with Crippen LogP contribution in [-0.4, -0.2) is 15.5 Å². The summed E-state index contributed by atoms with van der Waals surface area (Å²) in [6.07, 6.45) is 10.8. The van der Waals surface area contributed by atoms with Crippen LogP contribution < -0.4 is 5.73 Å². The molecule has 0 aliphatic heterocycles. The smallest absolute Gasteiger partial charge is 0.160 e. The highest BCUT2D eigenvalue weighted by molar-refractivity contribution is 8.00. The van der Waals surface area contributed by atoms with E-state index in [4.69, 9.17) is 5.73 Å². The minimum atomic E-state index is -0.142. The predicted molar refractivity (Wildman–Crippen MR) is 157 cm³/mol. The second-order valence-electron chi connectivity index (χ2n) is 14.6. The van der Waals surface area contributed by atoms with Gasteiger partial charge in [0.25, 0.3) is 0 Å². The van der Waals surface area contributed by atoms with Gasteiger partial charge in [-0.05, 0) is 102 Å². The van der Waals surface area contributed by atoms with Gasteiger partial charge in [0.15, 0.2) is 11.5 Å². The van der Waals surface area contributed by atoms with Gasteiger partial charge in [0.05, 0.1) is 0 Å². The van der Waals surface area contributed by atoms with E-state index in [-0.39, 0.29) is 38.4 Å². The van der Waals surface area contributed by atoms with Crippen LogP contribution in [0.15, 0.2) is 30.0 Å². The lowest BCUT2D eigenvalue weighted by molar-refractivity contribution is -0.154. The molecule has 1 aromatic carbocycles. The Morgan fingerprint density at radius 2 is 1.68 bits per heavy atom. The summed E-state index contributed by atoms with van der Waals surface area (Å²) in [5, 5.41) is 22.1. The second kappa shape index (κ2) is 8.23. The average Bonchev–Trinajstić information content (AvgIpc) is 2.81. The third kappa shape index (κ3) is 3.52. The van der Waals surface area contributed by atoms with Crippen molar-refractivity contribution >= 4 is 11.8 Å². The topological polar surface area (TPSA) is 66.5 Å². The number of fused-ring (bicyclic) bond motifs is 7. The lowest BCUT2D eigenvalue weighted by Gasteiger charge is -2.70. The van der Waals surface area contributed by atoms with Gasteiger partial charge in [-0.1, -0.05) is 66.7 Å². The molecule has 4 aliphatic carbocycles. The van der Waals surface area contributed by atoms with Crippen molar-refractivity contribution in [3.05, 3.63) is 46.7 Å². The summed E-state index contributed by atoms with van der Waals surface area (Å²) in [5.74, 6) is 0.652. The van der Waals surface area contributed by atoms with Crippen LogP contribution in [-0.2, 0) is 5.41 Å². The van der Waals surface area contributed by atoms with Crippen molar-refractivity contribution in [3.8, 4) is 11.5 Å². The summed E-state index contributed by atoms with van der Waals surface area (Å²) in [6.45, 7) is 23.2. The molecule has 3 nitrogen and oxygen atoms in total. The van der Waals surface area contributed by atoms with E-state index in [2.05, 4.69) is 61.1 Å². The van der Waals surface area contributed by atoms with Gasteiger partial charge in [-0.2, -0.15) is 0 Å². The fourth-order valence-electron chi connectivity index (χ4n) is 9.38. The SMILES string of the molecule is C=C(N)[C@]1(C)CC[C@]2(C)CC[C@]3(C)C4=CC(SC(C)C)c5c(cc(O)c(O)c5C)[C@]4(C)CC[C@@]3(C)[C@@H]2C1. The summed E-state index contributed by atoms with van der Waals surface area (Å²) in [5.41, 5.74) is 12.6. The molecular formula is C33H49NO2S. The summed E-state index contributed by atoms with van der Waals surface area (Å²) in [7, 11) is 0. The molecule has 37 heavy (non-hydrogen) atoms. The Morgan fingerprint density at radius 3 is 2.30 bits per heavy atom. The van der Waals surface area contributed by atoms with E-state index in [1.54, 1.807) is 5.57 Å². The Kier molecular flexibility index (Phi) is 6.01. The number of benzene rings is 1. The van der Waals surface area contributed by atoms with Gasteiger partial charge < -0.3 is 15.9 Å². The van der Waals surface area contributed by atoms with E-state index in [0.29, 0.717) is 16.6 Å². The zero-order valence-corrected chi connectivity index (χ0v) is 25.2. The summed E-state index contributed by atoms with van der Waals surface area (Å²) in [4.78, 5) is 0. The molecule has 5 rings (SSSR count). The molecule has 0 radical (unpaired) electrons. The van der Waals surface area contributed by atoms with Crippen LogP contribution in [0, 0.1) is 34.5 Å². The van der Waals surface area contributed by atoms with E-state index in [9.17, 15) is 10.2 Å². The Hall–Kier alpha value is -1.55. The van der Waals surface area contributed by atoms with Gasteiger partial charge in [-0.3, -0.25) is 0 Å². The molecule has 0 saturated heterocycles. The molecule has 4 heteroatoms. The maximum absolute atomic E-state index is 10.8. The van der Waals surface area contributed by atoms with Gasteiger partial charge in [0.2, 0.25) is 0 Å². The third-order valence-electron chi connectivity index (χ3n) is 12.3. The summed E-state index contributed by atoms with van der Waals surface area (Å²) in [6, 6.07) is 1.90. The molecule has 3 saturated carbocycles. The number of hydrogen-bond donors (Lipinski definition) is 3. The van der Waals surface area contributed by atoms with Crippen LogP contribution in [0.5, 0.6) is 11.5 Å². The average molecular weight is 524 g/mol. The monoisotopic (exact) mass is 523 g/mol. The number of phenolic OH excluding ortho intramolecular Hbond substituents is 2. The molecule has 7 atom stereocenters. The van der Waals surface area contributed by atoms with E-state index in [0.717, 1.165) is 36.9 Å². The molecule has 1 unspecified atom stereocenters. The molecule has 4 N–H and O–H groups in total. The van der Waals surface area contributed by atoms with Crippen molar-refractivity contribution in [1.82, 2.24) is 0 Å². The van der Waals surface area contributed by atoms with Gasteiger partial charge in [-0.15, -0.1) is 11.8 Å². The molecule has 0 aromatic heterocycles. The van der Waals surface area contributed by atoms with E-state index < -0.39 is 0 Å². The van der Waals surface area contributed by atoms with E-state index in [1.807, 2.05) is 24.8 Å². The molecule has 204 valence electrons. The van der Waals surface area contributed by atoms with E-state index in [1.165, 1.54) is 30.4 Å². The maximum Gasteiger partial charge on any atom is 0.160 e. The molecule has 3 fully saturated rings. The Bertz CT molecular complexity index is 1190. The number of nitrogens with two attached hydrogens (primary N) is 1. The first-order chi connectivity index (χ1) is 17.0. The Labute approximate surface area is 229 Å². The van der Waals surface area contributed by atoms with Crippen molar-refractivity contribution in [3.63, 3.8) is 0 Å². The lowest BCUT2D eigenvalue weighted by atomic mass is 9.34. The van der Waals surface area contributed by atoms with Crippen LogP contribution in [0.2, 0.25) is 0 Å². The van der Waals surface area contributed by atoms with Crippen molar-refractivity contribution in [2.75, 3.05) is 0 Å². The summed E-state index contributed by atoms with van der Waals surface area (Å²) >= 11 is 1.97. The first-order valence-corrected chi connectivity index (χ1v) is 15.4. The van der Waals surface area contributed by atoms with Gasteiger partial charge >= 0.3 is 0 Å². The van der Waals surface area contributed by atoms with Crippen LogP contribution in [0.25, 0.3) is 0 Å². The lowest BCUT2D eigenvalue weighted by Crippen LogP contribution is -2.62. The molecular weight excluding hydrogens is 474 g/mol. The second-order valence-corrected chi connectivity index (χ2v) is 16.3. The fraction of sp³-hybridized carbons (Fsp3) is 0.697. The number of hydrogen-bond acceptors (Lipinski definition) is 4. The summed E-state index contributed by atoms with van der Waals surface area (Å²) < 4.78 is 0. The van der Waals surface area contributed by atoms with Crippen LogP contribution in [0.1, 0.15) is 115 Å². The molecule has 0 heterocycles. The standard InChI is InChI=1S/C33H49NO2S/c1-19(2)37-24-17-25-31(7,22-16-23(35)28(36)20(3)27(22)24)13-15-33(9)26-18-30(6,21(4)34)11-10-29(26,5)12-14-32(25,33)8/h16-17,19,24,26,35-36H,4,10-15,18,34H2,1-3,5-9H3/t24?,26-,29-,30-,31+,32-,33+/m1/s1. The van der Waals surface area contributed by atoms with Crippen molar-refractivity contribution in [2.24, 2.45) is 33.3 Å². The van der Waals surface area contributed by atoms with Crippen LogP contribution in [0.4, 0.5) is 0 Å². The quantitative estimate of drug-likeness (QED) is 0.274. The van der Waals surface area contributed by atoms with E-state index >= 15 is 0 Å². The van der Waals surface area contributed by atoms with Crippen LogP contribution >= 0.6 is 11.8 Å². The molecule has 1 aromatic rings. The largest absolute Gasteiger partial charge is 0.504 e. The minimum absolute atomic E-state index is 0.0101.